The summed E-state index contributed by atoms with van der Waals surface area (Å²) in [5.41, 5.74) is 3.92. The zero-order valence-corrected chi connectivity index (χ0v) is 34.3. The van der Waals surface area contributed by atoms with Crippen molar-refractivity contribution in [1.82, 2.24) is 0 Å². The topological polar surface area (TPSA) is 117 Å². The van der Waals surface area contributed by atoms with E-state index in [0.717, 1.165) is 5.56 Å². The van der Waals surface area contributed by atoms with Gasteiger partial charge in [-0.25, -0.2) is 4.99 Å². The lowest BCUT2D eigenvalue weighted by Gasteiger charge is -2.36. The van der Waals surface area contributed by atoms with E-state index in [4.69, 9.17) is 33.4 Å². The van der Waals surface area contributed by atoms with Crippen LogP contribution in [0.25, 0.3) is 6.08 Å². The molecule has 10 rings (SSSR count). The molecule has 1 fully saturated rings. The smallest absolute Gasteiger partial charge is 0.146 e. The van der Waals surface area contributed by atoms with Gasteiger partial charge in [0.25, 0.3) is 0 Å². The Hall–Kier alpha value is -7.67. The van der Waals surface area contributed by atoms with E-state index in [0.29, 0.717) is 101 Å². The molecule has 11 heteroatoms. The van der Waals surface area contributed by atoms with Gasteiger partial charge < -0.3 is 28.4 Å². The van der Waals surface area contributed by atoms with Crippen molar-refractivity contribution in [3.8, 4) is 34.5 Å². The van der Waals surface area contributed by atoms with Gasteiger partial charge in [-0.1, -0.05) is 78.9 Å². The minimum Gasteiger partial charge on any atom is -0.486 e. The third-order valence-corrected chi connectivity index (χ3v) is 11.5. The van der Waals surface area contributed by atoms with Crippen molar-refractivity contribution in [1.29, 1.82) is 0 Å². The quantitative estimate of drug-likeness (QED) is 0.150. The Morgan fingerprint density at radius 2 is 0.556 bits per heavy atom. The lowest BCUT2D eigenvalue weighted by molar-refractivity contribution is -0.0191. The fourth-order valence-corrected chi connectivity index (χ4v) is 8.28. The van der Waals surface area contributed by atoms with Crippen LogP contribution >= 0.6 is 0 Å². The Balaban J connectivity index is 1.13. The number of benzene rings is 6. The summed E-state index contributed by atoms with van der Waals surface area (Å²) in [6.07, 6.45) is 1.98. The molecule has 1 saturated carbocycles. The van der Waals surface area contributed by atoms with E-state index in [2.05, 4.69) is 37.9 Å². The van der Waals surface area contributed by atoms with Gasteiger partial charge in [0, 0.05) is 11.6 Å². The molecule has 11 nitrogen and oxygen atoms in total. The van der Waals surface area contributed by atoms with Crippen molar-refractivity contribution >= 4 is 52.4 Å². The maximum absolute atomic E-state index is 7.13. The highest BCUT2D eigenvalue weighted by atomic mass is 16.6. The third-order valence-electron chi connectivity index (χ3n) is 11.5. The second kappa shape index (κ2) is 18.5. The van der Waals surface area contributed by atoms with E-state index in [9.17, 15) is 0 Å². The van der Waals surface area contributed by atoms with E-state index < -0.39 is 36.6 Å². The summed E-state index contributed by atoms with van der Waals surface area (Å²) in [6.45, 7) is 0. The Kier molecular flexibility index (Phi) is 11.6. The summed E-state index contributed by atoms with van der Waals surface area (Å²) in [6, 6.07) is 52.1. The molecule has 0 spiro atoms. The van der Waals surface area contributed by atoms with Gasteiger partial charge in [-0.05, 0) is 111 Å². The second-order valence-electron chi connectivity index (χ2n) is 15.6. The number of fused-ring (bicyclic) bond motifs is 9. The number of ether oxygens (including phenoxy) is 6. The highest BCUT2D eigenvalue weighted by Crippen LogP contribution is 2.40. The number of hydrogen-bond acceptors (Lipinski definition) is 11. The molecule has 312 valence electrons. The number of nitrogens with zero attached hydrogens (tertiary/aromatic N) is 5. The molecule has 6 aromatic rings. The van der Waals surface area contributed by atoms with Crippen LogP contribution in [0, 0.1) is 0 Å². The monoisotopic (exact) mass is 833 g/mol. The van der Waals surface area contributed by atoms with Crippen LogP contribution in [0.2, 0.25) is 0 Å². The molecule has 3 aliphatic heterocycles. The number of para-hydroxylation sites is 11. The molecular weight excluding hydrogens is 791 g/mol. The summed E-state index contributed by atoms with van der Waals surface area (Å²) >= 11 is 0. The minimum atomic E-state index is -0.512. The van der Waals surface area contributed by atoms with Crippen molar-refractivity contribution in [2.45, 2.75) is 75.1 Å². The molecule has 0 aromatic heterocycles. The van der Waals surface area contributed by atoms with Gasteiger partial charge >= 0.3 is 0 Å². The molecule has 0 radical (unpaired) electrons. The van der Waals surface area contributed by atoms with Crippen molar-refractivity contribution < 1.29 is 28.4 Å². The Bertz CT molecular complexity index is 2330. The van der Waals surface area contributed by atoms with Gasteiger partial charge in [0.05, 0.1) is 0 Å². The van der Waals surface area contributed by atoms with E-state index in [1.807, 2.05) is 152 Å². The molecule has 4 aliphatic rings. The molecule has 3 heterocycles. The first-order valence-electron chi connectivity index (χ1n) is 21.4. The molecule has 0 amide bonds. The predicted molar refractivity (Wildman–Crippen MR) is 243 cm³/mol. The second-order valence-corrected chi connectivity index (χ2v) is 15.6. The zero-order valence-electron chi connectivity index (χ0n) is 34.3. The predicted octanol–water partition coefficient (Wildman–Crippen LogP) is 12.3. The van der Waals surface area contributed by atoms with Crippen molar-refractivity contribution in [3.63, 3.8) is 0 Å². The molecule has 1 aliphatic carbocycles. The van der Waals surface area contributed by atoms with Crippen molar-refractivity contribution in [3.05, 3.63) is 151 Å². The number of rotatable bonds is 0. The Morgan fingerprint density at radius 1 is 0.302 bits per heavy atom. The van der Waals surface area contributed by atoms with Crippen LogP contribution in [0.4, 0.5) is 28.4 Å². The summed E-state index contributed by atoms with van der Waals surface area (Å²) < 4.78 is 42.5. The van der Waals surface area contributed by atoms with E-state index in [1.54, 1.807) is 0 Å². The summed E-state index contributed by atoms with van der Waals surface area (Å²) in [5, 5.41) is 0. The summed E-state index contributed by atoms with van der Waals surface area (Å²) in [5.74, 6) is 6.78. The largest absolute Gasteiger partial charge is 0.486 e. The number of aliphatic imine (C=N–C) groups is 5. The fraction of sp³-hybridized carbons (Fsp3) is 0.231. The fourth-order valence-electron chi connectivity index (χ4n) is 8.28. The Labute approximate surface area is 365 Å². The SMILES string of the molecule is C1=Cc2ccccc2OC2CCC3Oc4ccccc4N=C=Nc4ccccc4OC3CCC3Oc4ccccc4N=C=Nc4ccccc4OC3CCC2Oc2ccccc2N=1. The van der Waals surface area contributed by atoms with E-state index in [1.165, 1.54) is 0 Å². The highest BCUT2D eigenvalue weighted by molar-refractivity contribution is 5.82. The van der Waals surface area contributed by atoms with Crippen molar-refractivity contribution in [2.24, 2.45) is 25.0 Å². The maximum atomic E-state index is 7.13. The van der Waals surface area contributed by atoms with Gasteiger partial charge in [0.2, 0.25) is 0 Å². The first-order chi connectivity index (χ1) is 31.2. The van der Waals surface area contributed by atoms with Crippen LogP contribution < -0.4 is 28.4 Å². The van der Waals surface area contributed by atoms with Gasteiger partial charge in [-0.2, -0.15) is 20.0 Å². The van der Waals surface area contributed by atoms with Gasteiger partial charge in [0.15, 0.2) is 0 Å². The number of hydrogen-bond donors (Lipinski definition) is 0. The maximum Gasteiger partial charge on any atom is 0.146 e. The first-order valence-corrected chi connectivity index (χ1v) is 21.4. The van der Waals surface area contributed by atoms with Crippen LogP contribution in [-0.2, 0) is 0 Å². The normalized spacial score (nSPS) is 22.5. The lowest BCUT2D eigenvalue weighted by Crippen LogP contribution is -2.45. The van der Waals surface area contributed by atoms with Gasteiger partial charge in [-0.3, -0.25) is 0 Å². The molecule has 0 bridgehead atoms. The molecule has 63 heavy (non-hydrogen) atoms. The molecule has 0 saturated heterocycles. The standard InChI is InChI=1S/C52H43N5O6/c1-7-19-41-35(13-1)31-32-53-36-14-2-8-20-42(36)59-48-27-28-50-52(63-46-24-12-6-18-40(46)57-34-55-38-16-4-10-22-44(38)61-50)30-29-51-49(26-25-47(48)58-41)60-43-21-9-3-15-37(43)54-33-56-39-17-5-11-23-45(39)62-51/h1-24,31,47-52H,25-30H2. The average Bonchev–Trinajstić information content (AvgIpc) is 3.38. The van der Waals surface area contributed by atoms with Crippen molar-refractivity contribution in [2.75, 3.05) is 0 Å². The summed E-state index contributed by atoms with van der Waals surface area (Å²) in [7, 11) is 0. The van der Waals surface area contributed by atoms with Crippen LogP contribution in [0.5, 0.6) is 34.5 Å². The van der Waals surface area contributed by atoms with E-state index >= 15 is 0 Å². The Morgan fingerprint density at radius 3 is 0.889 bits per heavy atom. The molecule has 6 aromatic carbocycles. The molecular formula is C52H43N5O6. The minimum absolute atomic E-state index is 0.482. The lowest BCUT2D eigenvalue weighted by atomic mass is 9.91. The molecule has 0 N–H and O–H groups in total. The molecule has 6 atom stereocenters. The van der Waals surface area contributed by atoms with E-state index in [-0.39, 0.29) is 0 Å². The highest BCUT2D eigenvalue weighted by Gasteiger charge is 2.38. The van der Waals surface area contributed by atoms with Crippen LogP contribution in [-0.4, -0.2) is 54.5 Å². The third kappa shape index (κ3) is 9.18. The first kappa shape index (κ1) is 39.5. The van der Waals surface area contributed by atoms with Crippen LogP contribution in [0.15, 0.2) is 171 Å². The van der Waals surface area contributed by atoms with Gasteiger partial charge in [0.1, 0.15) is 112 Å². The van der Waals surface area contributed by atoms with Gasteiger partial charge in [-0.15, -0.1) is 0 Å². The van der Waals surface area contributed by atoms with Crippen LogP contribution in [0.3, 0.4) is 0 Å². The molecule has 6 unspecified atom stereocenters. The zero-order chi connectivity index (χ0) is 42.2. The average molecular weight is 834 g/mol. The summed E-state index contributed by atoms with van der Waals surface area (Å²) in [4.78, 5) is 23.2. The van der Waals surface area contributed by atoms with Crippen LogP contribution in [0.1, 0.15) is 44.1 Å².